The molecule has 136 valence electrons. The molecule has 0 fully saturated rings. The van der Waals surface area contributed by atoms with Crippen LogP contribution in [-0.2, 0) is 13.7 Å². The van der Waals surface area contributed by atoms with Crippen molar-refractivity contribution in [1.82, 2.24) is 24.3 Å². The molecule has 4 aromatic rings. The van der Waals surface area contributed by atoms with Crippen molar-refractivity contribution in [3.63, 3.8) is 0 Å². The third-order valence-corrected chi connectivity index (χ3v) is 4.55. The van der Waals surface area contributed by atoms with Crippen LogP contribution in [0, 0.1) is 0 Å². The maximum atomic E-state index is 5.96. The summed E-state index contributed by atoms with van der Waals surface area (Å²) in [4.78, 5) is 4.56. The molecule has 27 heavy (non-hydrogen) atoms. The number of rotatable bonds is 6. The second kappa shape index (κ2) is 7.45. The molecule has 2 aromatic carbocycles. The van der Waals surface area contributed by atoms with Crippen molar-refractivity contribution in [1.29, 1.82) is 0 Å². The number of aryl methyl sites for hydroxylation is 1. The van der Waals surface area contributed by atoms with E-state index >= 15 is 0 Å². The second-order valence-corrected chi connectivity index (χ2v) is 6.44. The molecule has 0 saturated heterocycles. The Morgan fingerprint density at radius 1 is 1.07 bits per heavy atom. The third kappa shape index (κ3) is 3.60. The Labute approximate surface area is 158 Å². The Kier molecular flexibility index (Phi) is 4.70. The van der Waals surface area contributed by atoms with Gasteiger partial charge < -0.3 is 13.9 Å². The first kappa shape index (κ1) is 17.0. The number of nitrogens with zero attached hydrogens (tertiary/aromatic N) is 5. The van der Waals surface area contributed by atoms with E-state index in [9.17, 15) is 0 Å². The predicted octanol–water partition coefficient (Wildman–Crippen LogP) is 3.87. The van der Waals surface area contributed by atoms with Crippen molar-refractivity contribution in [2.24, 2.45) is 7.05 Å². The summed E-state index contributed by atoms with van der Waals surface area (Å²) in [7, 11) is 1.94. The van der Waals surface area contributed by atoms with Gasteiger partial charge in [-0.1, -0.05) is 42.5 Å². The molecule has 0 spiro atoms. The summed E-state index contributed by atoms with van der Waals surface area (Å²) < 4.78 is 9.98. The Morgan fingerprint density at radius 2 is 1.93 bits per heavy atom. The normalized spacial score (nSPS) is 12.1. The van der Waals surface area contributed by atoms with Crippen LogP contribution in [0.3, 0.4) is 0 Å². The SMILES string of the molecule is CC(c1nncn1C)n1ccnc1-c1cccc(OCc2ccccc2)c1. The highest BCUT2D eigenvalue weighted by molar-refractivity contribution is 5.58. The van der Waals surface area contributed by atoms with Gasteiger partial charge in [-0.2, -0.15) is 0 Å². The Bertz CT molecular complexity index is 1020. The first-order valence-corrected chi connectivity index (χ1v) is 8.86. The zero-order valence-electron chi connectivity index (χ0n) is 15.4. The zero-order valence-corrected chi connectivity index (χ0v) is 15.4. The molecule has 0 aliphatic heterocycles. The van der Waals surface area contributed by atoms with Gasteiger partial charge in [0, 0.05) is 25.0 Å². The fourth-order valence-corrected chi connectivity index (χ4v) is 3.11. The van der Waals surface area contributed by atoms with E-state index in [0.29, 0.717) is 6.61 Å². The van der Waals surface area contributed by atoms with E-state index in [-0.39, 0.29) is 6.04 Å². The molecular weight excluding hydrogens is 338 g/mol. The van der Waals surface area contributed by atoms with Gasteiger partial charge in [-0.3, -0.25) is 0 Å². The molecular formula is C21H21N5O. The monoisotopic (exact) mass is 359 g/mol. The second-order valence-electron chi connectivity index (χ2n) is 6.44. The lowest BCUT2D eigenvalue weighted by atomic mass is 10.2. The minimum atomic E-state index is 0.0175. The molecule has 0 N–H and O–H groups in total. The first-order chi connectivity index (χ1) is 13.2. The van der Waals surface area contributed by atoms with Gasteiger partial charge in [-0.15, -0.1) is 10.2 Å². The summed E-state index contributed by atoms with van der Waals surface area (Å²) in [6.45, 7) is 2.62. The van der Waals surface area contributed by atoms with Gasteiger partial charge in [0.2, 0.25) is 0 Å². The number of hydrogen-bond acceptors (Lipinski definition) is 4. The van der Waals surface area contributed by atoms with Crippen LogP contribution in [0.4, 0.5) is 0 Å². The summed E-state index contributed by atoms with van der Waals surface area (Å²) in [5.74, 6) is 2.57. The van der Waals surface area contributed by atoms with Crippen molar-refractivity contribution in [2.75, 3.05) is 0 Å². The molecule has 2 aromatic heterocycles. The van der Waals surface area contributed by atoms with Gasteiger partial charge in [0.15, 0.2) is 5.82 Å². The van der Waals surface area contributed by atoms with Crippen molar-refractivity contribution in [3.05, 3.63) is 84.7 Å². The Morgan fingerprint density at radius 3 is 2.70 bits per heavy atom. The van der Waals surface area contributed by atoms with Crippen LogP contribution in [0.5, 0.6) is 5.75 Å². The number of hydrogen-bond donors (Lipinski definition) is 0. The minimum Gasteiger partial charge on any atom is -0.489 e. The van der Waals surface area contributed by atoms with Gasteiger partial charge in [0.1, 0.15) is 24.5 Å². The van der Waals surface area contributed by atoms with Gasteiger partial charge >= 0.3 is 0 Å². The molecule has 0 amide bonds. The van der Waals surface area contributed by atoms with Gasteiger partial charge in [-0.25, -0.2) is 4.98 Å². The van der Waals surface area contributed by atoms with Crippen LogP contribution in [-0.4, -0.2) is 24.3 Å². The van der Waals surface area contributed by atoms with Gasteiger partial charge in [0.25, 0.3) is 0 Å². The van der Waals surface area contributed by atoms with Crippen LogP contribution < -0.4 is 4.74 Å². The molecule has 2 heterocycles. The Balaban J connectivity index is 1.58. The van der Waals surface area contributed by atoms with Crippen LogP contribution in [0.2, 0.25) is 0 Å². The highest BCUT2D eigenvalue weighted by Gasteiger charge is 2.17. The van der Waals surface area contributed by atoms with E-state index < -0.39 is 0 Å². The smallest absolute Gasteiger partial charge is 0.155 e. The van der Waals surface area contributed by atoms with Crippen molar-refractivity contribution in [3.8, 4) is 17.1 Å². The maximum absolute atomic E-state index is 5.96. The molecule has 0 aliphatic carbocycles. The van der Waals surface area contributed by atoms with Crippen molar-refractivity contribution in [2.45, 2.75) is 19.6 Å². The number of benzene rings is 2. The van der Waals surface area contributed by atoms with E-state index in [2.05, 4.69) is 38.8 Å². The molecule has 0 bridgehead atoms. The lowest BCUT2D eigenvalue weighted by molar-refractivity contribution is 0.306. The zero-order chi connectivity index (χ0) is 18.6. The summed E-state index contributed by atoms with van der Waals surface area (Å²) in [5, 5.41) is 8.21. The van der Waals surface area contributed by atoms with E-state index in [0.717, 1.165) is 28.5 Å². The fourth-order valence-electron chi connectivity index (χ4n) is 3.11. The highest BCUT2D eigenvalue weighted by atomic mass is 16.5. The average Bonchev–Trinajstić information content (AvgIpc) is 3.36. The number of ether oxygens (including phenoxy) is 1. The fraction of sp³-hybridized carbons (Fsp3) is 0.190. The highest BCUT2D eigenvalue weighted by Crippen LogP contribution is 2.27. The lowest BCUT2D eigenvalue weighted by Gasteiger charge is -2.16. The summed E-state index contributed by atoms with van der Waals surface area (Å²) in [6, 6.07) is 18.2. The molecule has 1 unspecified atom stereocenters. The predicted molar refractivity (Wildman–Crippen MR) is 103 cm³/mol. The molecule has 6 nitrogen and oxygen atoms in total. The molecule has 0 aliphatic rings. The molecule has 6 heteroatoms. The summed E-state index contributed by atoms with van der Waals surface area (Å²) in [5.41, 5.74) is 2.14. The van der Waals surface area contributed by atoms with E-state index in [4.69, 9.17) is 4.74 Å². The first-order valence-electron chi connectivity index (χ1n) is 8.86. The van der Waals surface area contributed by atoms with Crippen molar-refractivity contribution < 1.29 is 4.74 Å². The average molecular weight is 359 g/mol. The van der Waals surface area contributed by atoms with Crippen LogP contribution >= 0.6 is 0 Å². The molecule has 1 atom stereocenters. The van der Waals surface area contributed by atoms with Crippen LogP contribution in [0.15, 0.2) is 73.3 Å². The van der Waals surface area contributed by atoms with Crippen LogP contribution in [0.1, 0.15) is 24.4 Å². The van der Waals surface area contributed by atoms with Gasteiger partial charge in [-0.05, 0) is 24.6 Å². The quantitative estimate of drug-likeness (QED) is 0.524. The lowest BCUT2D eigenvalue weighted by Crippen LogP contribution is -2.12. The maximum Gasteiger partial charge on any atom is 0.155 e. The van der Waals surface area contributed by atoms with E-state index in [1.54, 1.807) is 12.5 Å². The standard InChI is InChI=1S/C21H21N5O/c1-16(20-24-23-15-25(20)2)26-12-11-22-21(26)18-9-6-10-19(13-18)27-14-17-7-4-3-5-8-17/h3-13,15-16H,14H2,1-2H3. The van der Waals surface area contributed by atoms with Gasteiger partial charge in [0.05, 0.1) is 6.04 Å². The minimum absolute atomic E-state index is 0.0175. The third-order valence-electron chi connectivity index (χ3n) is 4.55. The Hall–Kier alpha value is -3.41. The number of aromatic nitrogens is 5. The van der Waals surface area contributed by atoms with Crippen molar-refractivity contribution >= 4 is 0 Å². The molecule has 0 saturated carbocycles. The summed E-state index contributed by atoms with van der Waals surface area (Å²) >= 11 is 0. The topological polar surface area (TPSA) is 57.8 Å². The van der Waals surface area contributed by atoms with Crippen LogP contribution in [0.25, 0.3) is 11.4 Å². The molecule has 0 radical (unpaired) electrons. The number of imidazole rings is 1. The largest absolute Gasteiger partial charge is 0.489 e. The van der Waals surface area contributed by atoms with E-state index in [1.165, 1.54) is 0 Å². The van der Waals surface area contributed by atoms with E-state index in [1.807, 2.05) is 60.3 Å². The molecule has 4 rings (SSSR count). The summed E-state index contributed by atoms with van der Waals surface area (Å²) in [6.07, 6.45) is 5.48.